The third-order valence-electron chi connectivity index (χ3n) is 8.48. The molecular weight excluding hydrogens is 875 g/mol. The lowest BCUT2D eigenvalue weighted by Crippen LogP contribution is -2.66. The number of nitrogens with one attached hydrogen (secondary N) is 1. The van der Waals surface area contributed by atoms with Crippen LogP contribution in [0.4, 0.5) is 22.0 Å². The van der Waals surface area contributed by atoms with E-state index in [1.165, 1.54) is 0 Å². The van der Waals surface area contributed by atoms with Crippen molar-refractivity contribution in [1.82, 2.24) is 20.3 Å². The van der Waals surface area contributed by atoms with Gasteiger partial charge in [0.15, 0.2) is 0 Å². The Labute approximate surface area is 354 Å². The number of rotatable bonds is 31. The van der Waals surface area contributed by atoms with Crippen LogP contribution in [0.15, 0.2) is 6.20 Å². The highest BCUT2D eigenvalue weighted by atomic mass is 32.2. The number of aromatic nitrogens is 3. The number of carbonyl (C=O) groups excluding carboxylic acids is 2. The molecule has 1 aliphatic heterocycles. The van der Waals surface area contributed by atoms with Gasteiger partial charge in [-0.15, -0.1) is 16.9 Å². The van der Waals surface area contributed by atoms with Crippen molar-refractivity contribution >= 4 is 29.6 Å². The van der Waals surface area contributed by atoms with Crippen LogP contribution in [-0.4, -0.2) is 191 Å². The zero-order chi connectivity index (χ0) is 45.7. The maximum Gasteiger partial charge on any atom is 0.346 e. The van der Waals surface area contributed by atoms with Gasteiger partial charge in [0.25, 0.3) is 0 Å². The van der Waals surface area contributed by atoms with E-state index in [0.29, 0.717) is 18.8 Å². The summed E-state index contributed by atoms with van der Waals surface area (Å²) in [6.07, 6.45) is -6.32. The highest BCUT2D eigenvalue weighted by Crippen LogP contribution is 2.40. The molecule has 0 saturated carbocycles. The lowest BCUT2D eigenvalue weighted by molar-refractivity contribution is -0.205. The first kappa shape index (κ1) is 52.6. The summed E-state index contributed by atoms with van der Waals surface area (Å²) in [6.45, 7) is 0.127. The second-order valence-electron chi connectivity index (χ2n) is 13.0. The van der Waals surface area contributed by atoms with Gasteiger partial charge in [0.2, 0.25) is 45.7 Å². The predicted octanol–water partition coefficient (Wildman–Crippen LogP) is -1.58. The van der Waals surface area contributed by atoms with Crippen LogP contribution in [0.25, 0.3) is 0 Å². The summed E-state index contributed by atoms with van der Waals surface area (Å²) in [4.78, 5) is 33.7. The number of carbonyl (C=O) groups is 3. The Hall–Kier alpha value is -3.71. The standard InChI is InChI=1S/C35H49F5N4O17S/c36-25-26(37)28(39)32(29(40)27(25)38)60-24(50)1-3-54-5-7-56-9-10-57-8-6-55-4-2-44-16-20(42-43-44)19-59-12-11-58-13-14-62-35(34(52)53)15-21(47)30(41-23(49)18-46)33(61-35)31(51)22(48)17-45/h16,21-22,30-31,33,45-48,51H,1-15,17-19H2,(H,41,49)(H,52,53)/t21-,22+,30+,31+,33+,35+/m0/s1. The molecule has 2 aromatic rings. The first-order valence-electron chi connectivity index (χ1n) is 18.8. The van der Waals surface area contributed by atoms with E-state index in [-0.39, 0.29) is 78.4 Å². The summed E-state index contributed by atoms with van der Waals surface area (Å²) in [5.74, 6) is -16.7. The molecule has 1 fully saturated rings. The minimum absolute atomic E-state index is 0.0310. The van der Waals surface area contributed by atoms with Crippen LogP contribution >= 0.6 is 11.8 Å². The predicted molar refractivity (Wildman–Crippen MR) is 197 cm³/mol. The van der Waals surface area contributed by atoms with Crippen molar-refractivity contribution in [3.05, 3.63) is 41.0 Å². The largest absolute Gasteiger partial charge is 0.478 e. The molecular formula is C35H49F5N4O17S. The molecule has 3 rings (SSSR count). The minimum Gasteiger partial charge on any atom is -0.478 e. The lowest BCUT2D eigenvalue weighted by atomic mass is 9.89. The Balaban J connectivity index is 1.18. The Morgan fingerprint density at radius 1 is 0.839 bits per heavy atom. The number of nitrogens with zero attached hydrogens (tertiary/aromatic N) is 3. The molecule has 1 amide bonds. The normalized spacial score (nSPS) is 19.9. The summed E-state index contributed by atoms with van der Waals surface area (Å²) >= 11 is 0.752. The summed E-state index contributed by atoms with van der Waals surface area (Å²) in [6, 6.07) is -1.40. The Morgan fingerprint density at radius 2 is 1.39 bits per heavy atom. The van der Waals surface area contributed by atoms with Crippen molar-refractivity contribution in [3.8, 4) is 5.75 Å². The second-order valence-corrected chi connectivity index (χ2v) is 14.3. The summed E-state index contributed by atoms with van der Waals surface area (Å²) in [5, 5.41) is 69.8. The molecule has 0 bridgehead atoms. The zero-order valence-corrected chi connectivity index (χ0v) is 33.8. The van der Waals surface area contributed by atoms with Crippen molar-refractivity contribution in [3.63, 3.8) is 0 Å². The fraction of sp³-hybridized carbons (Fsp3) is 0.686. The van der Waals surface area contributed by atoms with Crippen molar-refractivity contribution in [2.75, 3.05) is 91.6 Å². The molecule has 62 heavy (non-hydrogen) atoms. The van der Waals surface area contributed by atoms with Crippen LogP contribution in [0.3, 0.4) is 0 Å². The third kappa shape index (κ3) is 16.4. The average molecular weight is 925 g/mol. The number of thioether (sulfide) groups is 1. The van der Waals surface area contributed by atoms with Crippen LogP contribution in [0.2, 0.25) is 0 Å². The number of carboxylic acid groups (broad SMARTS) is 1. The number of hydrogen-bond acceptors (Lipinski definition) is 19. The van der Waals surface area contributed by atoms with Crippen LogP contribution < -0.4 is 10.1 Å². The van der Waals surface area contributed by atoms with Crippen LogP contribution in [-0.2, 0) is 60.7 Å². The Bertz CT molecular complexity index is 1680. The molecule has 0 radical (unpaired) electrons. The molecule has 27 heteroatoms. The van der Waals surface area contributed by atoms with E-state index in [4.69, 9.17) is 38.3 Å². The number of carboxylic acids is 1. The number of hydrogen-bond donors (Lipinski definition) is 7. The van der Waals surface area contributed by atoms with Gasteiger partial charge < -0.3 is 73.9 Å². The fourth-order valence-electron chi connectivity index (χ4n) is 5.36. The topological polar surface area (TPSA) is 289 Å². The molecule has 352 valence electrons. The Kier molecular flexibility index (Phi) is 23.3. The van der Waals surface area contributed by atoms with Gasteiger partial charge >= 0.3 is 11.9 Å². The number of ether oxygens (including phenoxy) is 8. The monoisotopic (exact) mass is 924 g/mol. The average Bonchev–Trinajstić information content (AvgIpc) is 3.72. The van der Waals surface area contributed by atoms with E-state index < -0.39 is 114 Å². The molecule has 0 aliphatic carbocycles. The lowest BCUT2D eigenvalue weighted by Gasteiger charge is -2.46. The fourth-order valence-corrected chi connectivity index (χ4v) is 6.49. The van der Waals surface area contributed by atoms with Crippen molar-refractivity contribution < 1.29 is 105 Å². The van der Waals surface area contributed by atoms with Crippen LogP contribution in [0.5, 0.6) is 5.75 Å². The number of amides is 1. The molecule has 0 spiro atoms. The first-order chi connectivity index (χ1) is 29.6. The van der Waals surface area contributed by atoms with E-state index in [2.05, 4.69) is 20.4 Å². The maximum atomic E-state index is 13.6. The summed E-state index contributed by atoms with van der Waals surface area (Å²) < 4.78 is 111. The maximum absolute atomic E-state index is 13.6. The molecule has 0 unspecified atom stereocenters. The number of benzene rings is 1. The molecule has 21 nitrogen and oxygen atoms in total. The smallest absolute Gasteiger partial charge is 0.346 e. The van der Waals surface area contributed by atoms with Crippen molar-refractivity contribution in [2.45, 2.75) is 61.4 Å². The third-order valence-corrected chi connectivity index (χ3v) is 9.75. The molecule has 6 atom stereocenters. The van der Waals surface area contributed by atoms with Gasteiger partial charge in [0.05, 0.1) is 117 Å². The number of aliphatic hydroxyl groups is 5. The summed E-state index contributed by atoms with van der Waals surface area (Å²) in [5.41, 5.74) is 0.538. The number of aliphatic carboxylic acids is 1. The van der Waals surface area contributed by atoms with Gasteiger partial charge in [0, 0.05) is 12.2 Å². The van der Waals surface area contributed by atoms with E-state index in [9.17, 15) is 61.9 Å². The molecule has 1 aromatic carbocycles. The number of halogens is 5. The van der Waals surface area contributed by atoms with E-state index in [1.807, 2.05) is 0 Å². The van der Waals surface area contributed by atoms with Crippen molar-refractivity contribution in [1.29, 1.82) is 0 Å². The zero-order valence-electron chi connectivity index (χ0n) is 33.0. The quantitative estimate of drug-likeness (QED) is 0.0112. The second kappa shape index (κ2) is 27.5. The number of aliphatic hydroxyl groups excluding tert-OH is 5. The van der Waals surface area contributed by atoms with E-state index in [0.717, 1.165) is 11.8 Å². The minimum atomic E-state index is -2.37. The molecule has 1 saturated heterocycles. The van der Waals surface area contributed by atoms with Crippen LogP contribution in [0.1, 0.15) is 18.5 Å². The highest BCUT2D eigenvalue weighted by molar-refractivity contribution is 8.01. The highest BCUT2D eigenvalue weighted by Gasteiger charge is 2.55. The van der Waals surface area contributed by atoms with Gasteiger partial charge in [-0.2, -0.15) is 8.78 Å². The van der Waals surface area contributed by atoms with Crippen LogP contribution in [0, 0.1) is 29.1 Å². The van der Waals surface area contributed by atoms with E-state index in [1.54, 1.807) is 10.9 Å². The number of esters is 1. The molecule has 7 N–H and O–H groups in total. The van der Waals surface area contributed by atoms with E-state index >= 15 is 0 Å². The first-order valence-corrected chi connectivity index (χ1v) is 19.8. The SMILES string of the molecule is O=C(CO)N[C@H]1[C@H]([C@H](O)[C@H](O)CO)O[C@](SCCOCCOCc2cn(CCOCCOCCOCCOCCC(=O)Oc3c(F)c(F)c(F)c(F)c3F)nn2)(C(=O)O)C[C@@H]1O. The molecule has 1 aromatic heterocycles. The van der Waals surface area contributed by atoms with Gasteiger partial charge in [-0.25, -0.2) is 22.6 Å². The van der Waals surface area contributed by atoms with Gasteiger partial charge in [-0.05, 0) is 0 Å². The van der Waals surface area contributed by atoms with Gasteiger partial charge in [-0.3, -0.25) is 9.59 Å². The molecule has 1 aliphatic rings. The van der Waals surface area contributed by atoms with Gasteiger partial charge in [0.1, 0.15) is 30.6 Å². The van der Waals surface area contributed by atoms with Gasteiger partial charge in [-0.1, -0.05) is 5.21 Å². The summed E-state index contributed by atoms with van der Waals surface area (Å²) in [7, 11) is 0. The Morgan fingerprint density at radius 3 is 1.97 bits per heavy atom. The molecule has 2 heterocycles. The van der Waals surface area contributed by atoms with Crippen molar-refractivity contribution in [2.24, 2.45) is 0 Å².